The molecule has 0 aromatic carbocycles. The number of carbonyl (C=O) groups excluding carboxylic acids is 1. The number of hydrogen-bond acceptors (Lipinski definition) is 5. The zero-order chi connectivity index (χ0) is 13.8. The van der Waals surface area contributed by atoms with E-state index in [1.54, 1.807) is 0 Å². The molecule has 1 aromatic rings. The zero-order valence-corrected chi connectivity index (χ0v) is 11.4. The molecule has 7 heteroatoms. The first-order valence-electron chi connectivity index (χ1n) is 7.18. The molecule has 7 nitrogen and oxygen atoms in total. The Kier molecular flexibility index (Phi) is 4.27. The third-order valence-electron chi connectivity index (χ3n) is 4.02. The lowest BCUT2D eigenvalue weighted by Crippen LogP contribution is -2.50. The SMILES string of the molecule is O=C(N[C@H]1CCOC[C@@H]1OCC1CCC1)c1ncn[nH]1. The highest BCUT2D eigenvalue weighted by molar-refractivity contribution is 5.90. The maximum atomic E-state index is 12.0. The number of nitrogens with one attached hydrogen (secondary N) is 2. The number of carbonyl (C=O) groups is 1. The van der Waals surface area contributed by atoms with E-state index in [9.17, 15) is 4.79 Å². The Morgan fingerprint density at radius 3 is 3.10 bits per heavy atom. The molecule has 0 spiro atoms. The van der Waals surface area contributed by atoms with Crippen molar-refractivity contribution in [2.24, 2.45) is 5.92 Å². The first-order valence-corrected chi connectivity index (χ1v) is 7.18. The quantitative estimate of drug-likeness (QED) is 0.820. The predicted molar refractivity (Wildman–Crippen MR) is 70.2 cm³/mol. The lowest BCUT2D eigenvalue weighted by molar-refractivity contribution is -0.0819. The predicted octanol–water partition coefficient (Wildman–Crippen LogP) is 0.509. The second-order valence-corrected chi connectivity index (χ2v) is 5.45. The summed E-state index contributed by atoms with van der Waals surface area (Å²) in [5, 5.41) is 9.20. The van der Waals surface area contributed by atoms with Gasteiger partial charge in [-0.05, 0) is 25.2 Å². The smallest absolute Gasteiger partial charge is 0.288 e. The fraction of sp³-hybridized carbons (Fsp3) is 0.769. The van der Waals surface area contributed by atoms with Crippen LogP contribution in [0.5, 0.6) is 0 Å². The van der Waals surface area contributed by atoms with Gasteiger partial charge in [0.2, 0.25) is 5.82 Å². The molecule has 1 saturated heterocycles. The van der Waals surface area contributed by atoms with Crippen molar-refractivity contribution in [3.05, 3.63) is 12.2 Å². The van der Waals surface area contributed by atoms with E-state index in [0.29, 0.717) is 19.1 Å². The van der Waals surface area contributed by atoms with Gasteiger partial charge in [-0.2, -0.15) is 5.10 Å². The summed E-state index contributed by atoms with van der Waals surface area (Å²) >= 11 is 0. The molecule has 2 fully saturated rings. The third-order valence-corrected chi connectivity index (χ3v) is 4.02. The van der Waals surface area contributed by atoms with E-state index in [1.807, 2.05) is 0 Å². The van der Waals surface area contributed by atoms with Gasteiger partial charge in [0.25, 0.3) is 5.91 Å². The highest BCUT2D eigenvalue weighted by Crippen LogP contribution is 2.27. The highest BCUT2D eigenvalue weighted by Gasteiger charge is 2.30. The molecule has 1 aliphatic carbocycles. The molecule has 1 aromatic heterocycles. The van der Waals surface area contributed by atoms with Crippen LogP contribution < -0.4 is 5.32 Å². The Balaban J connectivity index is 1.52. The summed E-state index contributed by atoms with van der Waals surface area (Å²) in [5.41, 5.74) is 0. The number of aromatic amines is 1. The second-order valence-electron chi connectivity index (χ2n) is 5.45. The molecule has 2 heterocycles. The summed E-state index contributed by atoms with van der Waals surface area (Å²) in [6.45, 7) is 1.95. The Morgan fingerprint density at radius 2 is 2.40 bits per heavy atom. The van der Waals surface area contributed by atoms with Gasteiger partial charge < -0.3 is 14.8 Å². The van der Waals surface area contributed by atoms with Crippen molar-refractivity contribution < 1.29 is 14.3 Å². The molecule has 2 N–H and O–H groups in total. The van der Waals surface area contributed by atoms with Crippen LogP contribution in [0.4, 0.5) is 0 Å². The minimum atomic E-state index is -0.244. The zero-order valence-electron chi connectivity index (χ0n) is 11.4. The van der Waals surface area contributed by atoms with Gasteiger partial charge in [-0.3, -0.25) is 9.89 Å². The monoisotopic (exact) mass is 280 g/mol. The van der Waals surface area contributed by atoms with E-state index in [-0.39, 0.29) is 23.9 Å². The van der Waals surface area contributed by atoms with Gasteiger partial charge in [0.1, 0.15) is 12.4 Å². The maximum absolute atomic E-state index is 12.0. The van der Waals surface area contributed by atoms with E-state index in [0.717, 1.165) is 13.0 Å². The molecule has 1 aliphatic heterocycles. The molecule has 3 rings (SSSR count). The molecule has 1 amide bonds. The first-order chi connectivity index (χ1) is 9.83. The Labute approximate surface area is 117 Å². The fourth-order valence-corrected chi connectivity index (χ4v) is 2.51. The normalized spacial score (nSPS) is 27.0. The lowest BCUT2D eigenvalue weighted by atomic mass is 9.86. The molecule has 0 unspecified atom stereocenters. The molecule has 110 valence electrons. The summed E-state index contributed by atoms with van der Waals surface area (Å²) in [6, 6.07) is -0.0265. The topological polar surface area (TPSA) is 89.1 Å². The van der Waals surface area contributed by atoms with Crippen molar-refractivity contribution in [2.75, 3.05) is 19.8 Å². The number of nitrogens with zero attached hydrogens (tertiary/aromatic N) is 2. The standard InChI is InChI=1S/C13H20N4O3/c18-13(12-14-8-15-17-12)16-10-4-5-19-7-11(10)20-6-9-2-1-3-9/h8-11H,1-7H2,(H,16,18)(H,14,15,17)/t10-,11-/m0/s1. The number of hydrogen-bond donors (Lipinski definition) is 2. The minimum absolute atomic E-state index is 0.0265. The van der Waals surface area contributed by atoms with Gasteiger partial charge in [-0.1, -0.05) is 6.42 Å². The van der Waals surface area contributed by atoms with Crippen LogP contribution in [0.3, 0.4) is 0 Å². The lowest BCUT2D eigenvalue weighted by Gasteiger charge is -2.34. The highest BCUT2D eigenvalue weighted by atomic mass is 16.5. The first kappa shape index (κ1) is 13.5. The molecular formula is C13H20N4O3. The summed E-state index contributed by atoms with van der Waals surface area (Å²) in [6.07, 6.45) is 5.82. The van der Waals surface area contributed by atoms with Crippen molar-refractivity contribution >= 4 is 5.91 Å². The summed E-state index contributed by atoms with van der Waals surface area (Å²) < 4.78 is 11.4. The Morgan fingerprint density at radius 1 is 1.50 bits per heavy atom. The van der Waals surface area contributed by atoms with Crippen LogP contribution in [0, 0.1) is 5.92 Å². The number of rotatable bonds is 5. The van der Waals surface area contributed by atoms with Gasteiger partial charge >= 0.3 is 0 Å². The molecular weight excluding hydrogens is 260 g/mol. The van der Waals surface area contributed by atoms with E-state index >= 15 is 0 Å². The van der Waals surface area contributed by atoms with Crippen molar-refractivity contribution in [1.82, 2.24) is 20.5 Å². The Bertz CT molecular complexity index is 433. The number of H-pyrrole nitrogens is 1. The van der Waals surface area contributed by atoms with Gasteiger partial charge in [0, 0.05) is 13.2 Å². The average molecular weight is 280 g/mol. The third kappa shape index (κ3) is 3.16. The van der Waals surface area contributed by atoms with Gasteiger partial charge in [0.15, 0.2) is 0 Å². The van der Waals surface area contributed by atoms with Crippen LogP contribution in [0.25, 0.3) is 0 Å². The fourth-order valence-electron chi connectivity index (χ4n) is 2.51. The molecule has 0 bridgehead atoms. The molecule has 2 aliphatic rings. The van der Waals surface area contributed by atoms with Crippen LogP contribution in [0.2, 0.25) is 0 Å². The second kappa shape index (κ2) is 6.32. The van der Waals surface area contributed by atoms with Gasteiger partial charge in [-0.15, -0.1) is 0 Å². The average Bonchev–Trinajstić information content (AvgIpc) is 2.93. The van der Waals surface area contributed by atoms with Crippen LogP contribution in [0.15, 0.2) is 6.33 Å². The van der Waals surface area contributed by atoms with Crippen molar-refractivity contribution in [1.29, 1.82) is 0 Å². The van der Waals surface area contributed by atoms with Crippen LogP contribution in [0.1, 0.15) is 36.3 Å². The number of ether oxygens (including phenoxy) is 2. The Hall–Kier alpha value is -1.47. The summed E-state index contributed by atoms with van der Waals surface area (Å²) in [5.74, 6) is 0.670. The van der Waals surface area contributed by atoms with E-state index in [2.05, 4.69) is 20.5 Å². The van der Waals surface area contributed by atoms with Crippen LogP contribution in [-0.4, -0.2) is 53.1 Å². The van der Waals surface area contributed by atoms with Crippen molar-refractivity contribution in [3.63, 3.8) is 0 Å². The number of amides is 1. The van der Waals surface area contributed by atoms with Gasteiger partial charge in [-0.25, -0.2) is 4.98 Å². The van der Waals surface area contributed by atoms with Crippen LogP contribution >= 0.6 is 0 Å². The molecule has 2 atom stereocenters. The minimum Gasteiger partial charge on any atom is -0.379 e. The van der Waals surface area contributed by atoms with Crippen LogP contribution in [-0.2, 0) is 9.47 Å². The summed E-state index contributed by atoms with van der Waals surface area (Å²) in [7, 11) is 0. The van der Waals surface area contributed by atoms with E-state index in [1.165, 1.54) is 25.6 Å². The maximum Gasteiger partial charge on any atom is 0.288 e. The van der Waals surface area contributed by atoms with E-state index in [4.69, 9.17) is 9.47 Å². The number of aromatic nitrogens is 3. The largest absolute Gasteiger partial charge is 0.379 e. The van der Waals surface area contributed by atoms with E-state index < -0.39 is 0 Å². The summed E-state index contributed by atoms with van der Waals surface area (Å²) in [4.78, 5) is 15.8. The van der Waals surface area contributed by atoms with Gasteiger partial charge in [0.05, 0.1) is 12.6 Å². The molecule has 1 saturated carbocycles. The van der Waals surface area contributed by atoms with Crippen molar-refractivity contribution in [3.8, 4) is 0 Å². The molecule has 0 radical (unpaired) electrons. The molecule has 20 heavy (non-hydrogen) atoms. The van der Waals surface area contributed by atoms with Crippen molar-refractivity contribution in [2.45, 2.75) is 37.8 Å².